The van der Waals surface area contributed by atoms with Gasteiger partial charge in [0.15, 0.2) is 0 Å². The number of halogens is 1. The molecule has 1 saturated heterocycles. The van der Waals surface area contributed by atoms with Crippen LogP contribution in [0.15, 0.2) is 85.3 Å². The number of likely N-dealkylation sites (tertiary alicyclic amines) is 1. The van der Waals surface area contributed by atoms with Gasteiger partial charge in [-0.3, -0.25) is 4.98 Å². The minimum Gasteiger partial charge on any atom is -0.350 e. The predicted molar refractivity (Wildman–Crippen MR) is 142 cm³/mol. The molecule has 0 spiro atoms. The first-order chi connectivity index (χ1) is 17.2. The number of pyridine rings is 1. The fourth-order valence-electron chi connectivity index (χ4n) is 5.52. The van der Waals surface area contributed by atoms with Gasteiger partial charge in [-0.1, -0.05) is 42.5 Å². The van der Waals surface area contributed by atoms with E-state index < -0.39 is 0 Å². The maximum atomic E-state index is 13.8. The largest absolute Gasteiger partial charge is 0.350 e. The van der Waals surface area contributed by atoms with E-state index in [1.165, 1.54) is 47.3 Å². The minimum atomic E-state index is -0.202. The summed E-state index contributed by atoms with van der Waals surface area (Å²) in [7, 11) is 2.23. The summed E-state index contributed by atoms with van der Waals surface area (Å²) in [6.07, 6.45) is 11.7. The lowest BCUT2D eigenvalue weighted by molar-refractivity contribution is 0.194. The van der Waals surface area contributed by atoms with Crippen LogP contribution in [0, 0.1) is 11.7 Å². The molecule has 5 rings (SSSR count). The zero-order chi connectivity index (χ0) is 24.0. The molecule has 4 heteroatoms. The zero-order valence-corrected chi connectivity index (χ0v) is 20.5. The summed E-state index contributed by atoms with van der Waals surface area (Å²) >= 11 is 0. The van der Waals surface area contributed by atoms with E-state index in [0.717, 1.165) is 37.9 Å². The lowest BCUT2D eigenvalue weighted by atomic mass is 9.95. The van der Waals surface area contributed by atoms with Gasteiger partial charge < -0.3 is 9.47 Å². The van der Waals surface area contributed by atoms with E-state index in [1.54, 1.807) is 12.1 Å². The third-order valence-electron chi connectivity index (χ3n) is 7.21. The quantitative estimate of drug-likeness (QED) is 0.282. The average molecular weight is 468 g/mol. The van der Waals surface area contributed by atoms with Crippen molar-refractivity contribution in [2.24, 2.45) is 5.92 Å². The number of hydrogen-bond acceptors (Lipinski definition) is 2. The number of hydrogen-bond donors (Lipinski definition) is 0. The molecule has 180 valence electrons. The van der Waals surface area contributed by atoms with Crippen LogP contribution in [-0.2, 0) is 19.4 Å². The Bertz CT molecular complexity index is 1220. The van der Waals surface area contributed by atoms with E-state index in [2.05, 4.69) is 70.2 Å². The highest BCUT2D eigenvalue weighted by Crippen LogP contribution is 2.38. The first-order valence-electron chi connectivity index (χ1n) is 12.8. The molecular weight excluding hydrogens is 433 g/mol. The number of rotatable bonds is 8. The molecule has 1 fully saturated rings. The van der Waals surface area contributed by atoms with E-state index in [1.807, 2.05) is 24.5 Å². The Labute approximate surface area is 208 Å². The van der Waals surface area contributed by atoms with Gasteiger partial charge in [0.1, 0.15) is 5.82 Å². The van der Waals surface area contributed by atoms with Crippen molar-refractivity contribution in [3.8, 4) is 22.3 Å². The topological polar surface area (TPSA) is 21.1 Å². The van der Waals surface area contributed by atoms with E-state index in [4.69, 9.17) is 0 Å². The van der Waals surface area contributed by atoms with Crippen molar-refractivity contribution in [3.05, 3.63) is 102 Å². The van der Waals surface area contributed by atoms with Crippen LogP contribution in [0.5, 0.6) is 0 Å². The van der Waals surface area contributed by atoms with Crippen LogP contribution in [0.2, 0.25) is 0 Å². The van der Waals surface area contributed by atoms with Crippen molar-refractivity contribution >= 4 is 0 Å². The van der Waals surface area contributed by atoms with Gasteiger partial charge in [0.25, 0.3) is 0 Å². The number of aryl methyl sites for hydroxylation is 1. The Kier molecular flexibility index (Phi) is 7.39. The monoisotopic (exact) mass is 467 g/mol. The van der Waals surface area contributed by atoms with E-state index in [-0.39, 0.29) is 5.82 Å². The molecule has 0 saturated carbocycles. The third kappa shape index (κ3) is 5.71. The molecule has 0 radical (unpaired) electrons. The Balaban J connectivity index is 1.54. The highest BCUT2D eigenvalue weighted by atomic mass is 19.1. The minimum absolute atomic E-state index is 0.202. The molecule has 35 heavy (non-hydrogen) atoms. The van der Waals surface area contributed by atoms with Crippen molar-refractivity contribution in [3.63, 3.8) is 0 Å². The van der Waals surface area contributed by atoms with Gasteiger partial charge in [0.05, 0.1) is 0 Å². The Morgan fingerprint density at radius 2 is 1.69 bits per heavy atom. The van der Waals surface area contributed by atoms with Gasteiger partial charge >= 0.3 is 0 Å². The van der Waals surface area contributed by atoms with Gasteiger partial charge in [-0.25, -0.2) is 4.39 Å². The molecule has 2 aromatic heterocycles. The fourth-order valence-corrected chi connectivity index (χ4v) is 5.52. The normalized spacial score (nSPS) is 16.5. The third-order valence-corrected chi connectivity index (χ3v) is 7.21. The molecule has 1 atom stereocenters. The number of aromatic nitrogens is 2. The van der Waals surface area contributed by atoms with E-state index in [9.17, 15) is 4.39 Å². The van der Waals surface area contributed by atoms with Gasteiger partial charge in [-0.15, -0.1) is 0 Å². The molecule has 1 aliphatic rings. The summed E-state index contributed by atoms with van der Waals surface area (Å²) in [4.78, 5) is 6.72. The maximum Gasteiger partial charge on any atom is 0.123 e. The number of benzene rings is 2. The molecule has 2 aromatic carbocycles. The average Bonchev–Trinajstić information content (AvgIpc) is 3.23. The Morgan fingerprint density at radius 3 is 2.43 bits per heavy atom. The second-order valence-corrected chi connectivity index (χ2v) is 9.87. The molecule has 0 aliphatic carbocycles. The fraction of sp³-hybridized carbons (Fsp3) is 0.323. The van der Waals surface area contributed by atoms with Crippen LogP contribution in [0.3, 0.4) is 0 Å². The number of piperidine rings is 1. The molecule has 3 heterocycles. The molecule has 0 amide bonds. The summed E-state index contributed by atoms with van der Waals surface area (Å²) in [6.45, 7) is 3.34. The van der Waals surface area contributed by atoms with Crippen LogP contribution in [0.4, 0.5) is 4.39 Å². The summed E-state index contributed by atoms with van der Waals surface area (Å²) < 4.78 is 16.3. The van der Waals surface area contributed by atoms with Crippen LogP contribution >= 0.6 is 0 Å². The van der Waals surface area contributed by atoms with E-state index >= 15 is 0 Å². The lowest BCUT2D eigenvalue weighted by Crippen LogP contribution is -2.34. The number of nitrogens with zero attached hydrogens (tertiary/aromatic N) is 3. The van der Waals surface area contributed by atoms with Crippen molar-refractivity contribution in [2.45, 2.75) is 38.6 Å². The van der Waals surface area contributed by atoms with Gasteiger partial charge in [-0.05, 0) is 92.6 Å². The predicted octanol–water partition coefficient (Wildman–Crippen LogP) is 6.87. The maximum absolute atomic E-state index is 13.8. The molecule has 4 aromatic rings. The standard InChI is InChI=1S/C31H34FN3/c1-34-20-6-10-25(21-34)22-35-23-29(26-12-14-28(32)15-13-26)31(27-16-18-33-19-17-27)30(35)11-5-9-24-7-3-2-4-8-24/h2-4,7-8,12-19,23,25H,5-6,9-11,20-22H2,1H3. The van der Waals surface area contributed by atoms with Gasteiger partial charge in [0.2, 0.25) is 0 Å². The van der Waals surface area contributed by atoms with E-state index in [0.29, 0.717) is 5.92 Å². The van der Waals surface area contributed by atoms with Crippen LogP contribution in [-0.4, -0.2) is 34.6 Å². The Hall–Kier alpha value is -3.24. The molecule has 3 nitrogen and oxygen atoms in total. The highest BCUT2D eigenvalue weighted by molar-refractivity contribution is 5.85. The van der Waals surface area contributed by atoms with Crippen LogP contribution < -0.4 is 0 Å². The molecule has 1 aliphatic heterocycles. The smallest absolute Gasteiger partial charge is 0.123 e. The van der Waals surface area contributed by atoms with Crippen LogP contribution in [0.25, 0.3) is 22.3 Å². The first kappa shape index (κ1) is 23.5. The second kappa shape index (κ2) is 11.0. The summed E-state index contributed by atoms with van der Waals surface area (Å²) in [5.74, 6) is 0.437. The summed E-state index contributed by atoms with van der Waals surface area (Å²) in [5.41, 5.74) is 7.42. The second-order valence-electron chi connectivity index (χ2n) is 9.87. The van der Waals surface area contributed by atoms with Crippen molar-refractivity contribution in [1.29, 1.82) is 0 Å². The molecule has 1 unspecified atom stereocenters. The summed E-state index contributed by atoms with van der Waals surface area (Å²) in [6, 6.07) is 21.9. The molecule has 0 N–H and O–H groups in total. The molecular formula is C31H34FN3. The van der Waals surface area contributed by atoms with Crippen molar-refractivity contribution in [2.75, 3.05) is 20.1 Å². The van der Waals surface area contributed by atoms with Crippen molar-refractivity contribution in [1.82, 2.24) is 14.5 Å². The lowest BCUT2D eigenvalue weighted by Gasteiger charge is -2.30. The zero-order valence-electron chi connectivity index (χ0n) is 20.5. The SMILES string of the molecule is CN1CCCC(Cn2cc(-c3ccc(F)cc3)c(-c3ccncc3)c2CCCc2ccccc2)C1. The first-order valence-corrected chi connectivity index (χ1v) is 12.8. The van der Waals surface area contributed by atoms with Crippen molar-refractivity contribution < 1.29 is 4.39 Å². The molecule has 0 bridgehead atoms. The summed E-state index contributed by atoms with van der Waals surface area (Å²) in [5, 5.41) is 0. The Morgan fingerprint density at radius 1 is 0.914 bits per heavy atom. The van der Waals surface area contributed by atoms with Gasteiger partial charge in [-0.2, -0.15) is 0 Å². The van der Waals surface area contributed by atoms with Gasteiger partial charge in [0, 0.05) is 48.5 Å². The highest BCUT2D eigenvalue weighted by Gasteiger charge is 2.23. The van der Waals surface area contributed by atoms with Crippen LogP contribution in [0.1, 0.15) is 30.5 Å².